The van der Waals surface area contributed by atoms with E-state index < -0.39 is 0 Å². The van der Waals surface area contributed by atoms with Gasteiger partial charge in [0.2, 0.25) is 0 Å². The molecule has 4 nitrogen and oxygen atoms in total. The van der Waals surface area contributed by atoms with Crippen molar-refractivity contribution in [1.82, 2.24) is 10.3 Å². The summed E-state index contributed by atoms with van der Waals surface area (Å²) < 4.78 is 0. The molecule has 1 aromatic heterocycles. The van der Waals surface area contributed by atoms with Crippen LogP contribution in [0.5, 0.6) is 0 Å². The molecule has 1 aliphatic carbocycles. The predicted octanol–water partition coefficient (Wildman–Crippen LogP) is 1.37. The highest BCUT2D eigenvalue weighted by molar-refractivity contribution is 5.89. The summed E-state index contributed by atoms with van der Waals surface area (Å²) in [5, 5.41) is 5.56. The number of pyridine rings is 1. The number of aromatic nitrogens is 1. The Kier molecular flexibility index (Phi) is 2.12. The summed E-state index contributed by atoms with van der Waals surface area (Å²) in [6, 6.07) is 3.77. The van der Waals surface area contributed by atoms with Crippen LogP contribution in [0.15, 0.2) is 24.5 Å². The molecule has 68 valence electrons. The van der Waals surface area contributed by atoms with Gasteiger partial charge in [-0.05, 0) is 25.0 Å². The summed E-state index contributed by atoms with van der Waals surface area (Å²) in [6.45, 7) is 0. The van der Waals surface area contributed by atoms with Crippen LogP contribution in [0.1, 0.15) is 12.8 Å². The molecule has 0 aliphatic heterocycles. The first-order chi connectivity index (χ1) is 6.34. The van der Waals surface area contributed by atoms with E-state index in [2.05, 4.69) is 15.6 Å². The van der Waals surface area contributed by atoms with Crippen molar-refractivity contribution < 1.29 is 4.79 Å². The summed E-state index contributed by atoms with van der Waals surface area (Å²) in [4.78, 5) is 15.1. The number of anilines is 1. The number of urea groups is 1. The van der Waals surface area contributed by atoms with Crippen molar-refractivity contribution in [2.75, 3.05) is 5.32 Å². The summed E-state index contributed by atoms with van der Waals surface area (Å²) in [5.41, 5.74) is 0.771. The van der Waals surface area contributed by atoms with E-state index >= 15 is 0 Å². The van der Waals surface area contributed by atoms with Crippen molar-refractivity contribution in [3.63, 3.8) is 0 Å². The quantitative estimate of drug-likeness (QED) is 0.716. The zero-order valence-corrected chi connectivity index (χ0v) is 7.16. The minimum absolute atomic E-state index is 0.131. The largest absolute Gasteiger partial charge is 0.335 e. The van der Waals surface area contributed by atoms with Gasteiger partial charge in [0.05, 0.1) is 0 Å². The first kappa shape index (κ1) is 8.04. The van der Waals surface area contributed by atoms with Gasteiger partial charge in [-0.25, -0.2) is 4.79 Å². The van der Waals surface area contributed by atoms with Crippen LogP contribution in [-0.4, -0.2) is 17.1 Å². The molecule has 0 atom stereocenters. The van der Waals surface area contributed by atoms with E-state index in [4.69, 9.17) is 0 Å². The highest BCUT2D eigenvalue weighted by Gasteiger charge is 2.22. The third-order valence-corrected chi connectivity index (χ3v) is 1.85. The highest BCUT2D eigenvalue weighted by atomic mass is 16.2. The Labute approximate surface area is 76.4 Å². The Balaban J connectivity index is 1.86. The smallest absolute Gasteiger partial charge is 0.319 e. The van der Waals surface area contributed by atoms with Crippen molar-refractivity contribution in [3.8, 4) is 0 Å². The number of nitrogens with one attached hydrogen (secondary N) is 2. The van der Waals surface area contributed by atoms with Crippen molar-refractivity contribution >= 4 is 11.7 Å². The predicted molar refractivity (Wildman–Crippen MR) is 49.4 cm³/mol. The van der Waals surface area contributed by atoms with Gasteiger partial charge in [0.1, 0.15) is 0 Å². The molecule has 0 radical (unpaired) electrons. The van der Waals surface area contributed by atoms with E-state index in [9.17, 15) is 4.79 Å². The number of amides is 2. The third kappa shape index (κ3) is 2.43. The number of nitrogens with zero attached hydrogens (tertiary/aromatic N) is 1. The lowest BCUT2D eigenvalue weighted by atomic mass is 10.4. The van der Waals surface area contributed by atoms with Crippen LogP contribution in [-0.2, 0) is 0 Å². The first-order valence-corrected chi connectivity index (χ1v) is 4.32. The van der Waals surface area contributed by atoms with Crippen LogP contribution in [0.3, 0.4) is 0 Å². The zero-order chi connectivity index (χ0) is 9.10. The second-order valence-corrected chi connectivity index (χ2v) is 3.11. The van der Waals surface area contributed by atoms with Gasteiger partial charge >= 0.3 is 6.03 Å². The van der Waals surface area contributed by atoms with Gasteiger partial charge in [-0.1, -0.05) is 0 Å². The van der Waals surface area contributed by atoms with Crippen LogP contribution in [0.25, 0.3) is 0 Å². The van der Waals surface area contributed by atoms with E-state index in [0.717, 1.165) is 18.5 Å². The maximum atomic E-state index is 11.2. The molecular formula is C9H11N3O. The second kappa shape index (κ2) is 3.43. The molecule has 0 unspecified atom stereocenters. The fraction of sp³-hybridized carbons (Fsp3) is 0.333. The Hall–Kier alpha value is -1.58. The van der Waals surface area contributed by atoms with Crippen molar-refractivity contribution in [2.24, 2.45) is 0 Å². The molecular weight excluding hydrogens is 166 g/mol. The van der Waals surface area contributed by atoms with E-state index in [1.807, 2.05) is 0 Å². The first-order valence-electron chi connectivity index (χ1n) is 4.32. The molecule has 0 aromatic carbocycles. The molecule has 1 aliphatic rings. The lowest BCUT2D eigenvalue weighted by molar-refractivity contribution is 0.251. The van der Waals surface area contributed by atoms with Gasteiger partial charge in [0.25, 0.3) is 0 Å². The Morgan fingerprint density at radius 2 is 2.08 bits per heavy atom. The highest BCUT2D eigenvalue weighted by Crippen LogP contribution is 2.18. The minimum atomic E-state index is -0.131. The average molecular weight is 177 g/mol. The van der Waals surface area contributed by atoms with Crippen LogP contribution >= 0.6 is 0 Å². The molecule has 1 saturated carbocycles. The van der Waals surface area contributed by atoms with E-state index in [0.29, 0.717) is 6.04 Å². The fourth-order valence-electron chi connectivity index (χ4n) is 1.02. The number of rotatable bonds is 2. The average Bonchev–Trinajstić information content (AvgIpc) is 2.90. The summed E-state index contributed by atoms with van der Waals surface area (Å²) >= 11 is 0. The number of carbonyl (C=O) groups excluding carboxylic acids is 1. The third-order valence-electron chi connectivity index (χ3n) is 1.85. The van der Waals surface area contributed by atoms with Gasteiger partial charge < -0.3 is 10.6 Å². The Bertz CT molecular complexity index is 295. The molecule has 1 fully saturated rings. The summed E-state index contributed by atoms with van der Waals surface area (Å²) in [7, 11) is 0. The topological polar surface area (TPSA) is 54.0 Å². The van der Waals surface area contributed by atoms with Gasteiger partial charge in [-0.3, -0.25) is 4.98 Å². The molecule has 2 rings (SSSR count). The van der Waals surface area contributed by atoms with E-state index in [1.165, 1.54) is 0 Å². The second-order valence-electron chi connectivity index (χ2n) is 3.11. The maximum absolute atomic E-state index is 11.2. The van der Waals surface area contributed by atoms with Crippen LogP contribution in [0.2, 0.25) is 0 Å². The molecule has 1 aromatic rings. The van der Waals surface area contributed by atoms with Gasteiger partial charge in [-0.2, -0.15) is 0 Å². The molecule has 1 heterocycles. The van der Waals surface area contributed by atoms with Gasteiger partial charge in [0.15, 0.2) is 0 Å². The zero-order valence-electron chi connectivity index (χ0n) is 7.16. The molecule has 2 amide bonds. The van der Waals surface area contributed by atoms with Crippen LogP contribution < -0.4 is 10.6 Å². The lowest BCUT2D eigenvalue weighted by Crippen LogP contribution is -2.30. The normalized spacial score (nSPS) is 15.1. The number of hydrogen-bond donors (Lipinski definition) is 2. The molecule has 0 spiro atoms. The molecule has 4 heteroatoms. The van der Waals surface area contributed by atoms with Crippen LogP contribution in [0.4, 0.5) is 10.5 Å². The number of hydrogen-bond acceptors (Lipinski definition) is 2. The van der Waals surface area contributed by atoms with Crippen LogP contribution in [0, 0.1) is 0 Å². The summed E-state index contributed by atoms with van der Waals surface area (Å²) in [5.74, 6) is 0. The molecule has 0 saturated heterocycles. The van der Waals surface area contributed by atoms with Gasteiger partial charge in [0, 0.05) is 24.1 Å². The monoisotopic (exact) mass is 177 g/mol. The molecule has 0 bridgehead atoms. The Morgan fingerprint density at radius 3 is 2.69 bits per heavy atom. The minimum Gasteiger partial charge on any atom is -0.335 e. The van der Waals surface area contributed by atoms with Gasteiger partial charge in [-0.15, -0.1) is 0 Å². The number of carbonyl (C=O) groups is 1. The van der Waals surface area contributed by atoms with E-state index in [-0.39, 0.29) is 6.03 Å². The van der Waals surface area contributed by atoms with Crippen molar-refractivity contribution in [3.05, 3.63) is 24.5 Å². The molecule has 2 N–H and O–H groups in total. The summed E-state index contributed by atoms with van der Waals surface area (Å²) in [6.07, 6.45) is 5.49. The SMILES string of the molecule is O=C(Nc1ccncc1)NC1CC1. The van der Waals surface area contributed by atoms with E-state index in [1.54, 1.807) is 24.5 Å². The van der Waals surface area contributed by atoms with Crippen molar-refractivity contribution in [2.45, 2.75) is 18.9 Å². The standard InChI is InChI=1S/C9H11N3O/c13-9(11-7-1-2-7)12-8-3-5-10-6-4-8/h3-7H,1-2H2,(H2,10,11,12,13). The molecule has 13 heavy (non-hydrogen) atoms. The lowest BCUT2D eigenvalue weighted by Gasteiger charge is -2.05. The maximum Gasteiger partial charge on any atom is 0.319 e. The Morgan fingerprint density at radius 1 is 1.38 bits per heavy atom. The fourth-order valence-corrected chi connectivity index (χ4v) is 1.02. The van der Waals surface area contributed by atoms with Crippen molar-refractivity contribution in [1.29, 1.82) is 0 Å².